The predicted octanol–water partition coefficient (Wildman–Crippen LogP) is 4.16. The highest BCUT2D eigenvalue weighted by Gasteiger charge is 2.38. The molecular weight excluding hydrogens is 285 g/mol. The van der Waals surface area contributed by atoms with E-state index in [1.54, 1.807) is 17.8 Å². The molecule has 1 saturated carbocycles. The summed E-state index contributed by atoms with van der Waals surface area (Å²) in [5.41, 5.74) is 0.877. The monoisotopic (exact) mass is 303 g/mol. The van der Waals surface area contributed by atoms with Crippen LogP contribution in [0.25, 0.3) is 0 Å². The minimum atomic E-state index is -0.484. The number of halogens is 1. The van der Waals surface area contributed by atoms with Crippen LogP contribution in [0, 0.1) is 23.1 Å². The summed E-state index contributed by atoms with van der Waals surface area (Å²) in [6.07, 6.45) is 4.79. The fourth-order valence-electron chi connectivity index (χ4n) is 2.91. The lowest BCUT2D eigenvalue weighted by Gasteiger charge is -2.32. The SMILES string of the molecule is CC1CCC2(CC1)CSC(Nc1ccc(F)c(C#N)c1)=N2. The molecule has 1 aliphatic heterocycles. The van der Waals surface area contributed by atoms with Crippen LogP contribution in [0.2, 0.25) is 0 Å². The molecule has 1 aromatic rings. The van der Waals surface area contributed by atoms with Crippen molar-refractivity contribution in [2.45, 2.75) is 38.1 Å². The lowest BCUT2D eigenvalue weighted by molar-refractivity contribution is 0.273. The van der Waals surface area contributed by atoms with E-state index in [9.17, 15) is 4.39 Å². The highest BCUT2D eigenvalue weighted by atomic mass is 32.2. The molecular formula is C16H18FN3S. The quantitative estimate of drug-likeness (QED) is 0.847. The number of rotatable bonds is 1. The number of nitriles is 1. The van der Waals surface area contributed by atoms with Crippen molar-refractivity contribution in [1.29, 1.82) is 5.26 Å². The Morgan fingerprint density at radius 3 is 2.90 bits per heavy atom. The van der Waals surface area contributed by atoms with Crippen LogP contribution in [0.3, 0.4) is 0 Å². The van der Waals surface area contributed by atoms with Gasteiger partial charge in [0.25, 0.3) is 0 Å². The molecule has 1 aromatic carbocycles. The fraction of sp³-hybridized carbons (Fsp3) is 0.500. The molecule has 5 heteroatoms. The van der Waals surface area contributed by atoms with Crippen LogP contribution in [0.15, 0.2) is 23.2 Å². The Morgan fingerprint density at radius 2 is 2.19 bits per heavy atom. The number of hydrogen-bond donors (Lipinski definition) is 1. The zero-order valence-corrected chi connectivity index (χ0v) is 12.8. The number of aliphatic imine (C=N–C) groups is 1. The number of nitrogens with zero attached hydrogens (tertiary/aromatic N) is 2. The van der Waals surface area contributed by atoms with Gasteiger partial charge in [-0.3, -0.25) is 4.99 Å². The maximum absolute atomic E-state index is 13.3. The van der Waals surface area contributed by atoms with E-state index in [0.717, 1.165) is 35.4 Å². The second-order valence-corrected chi connectivity index (χ2v) is 7.01. The molecule has 3 nitrogen and oxygen atoms in total. The van der Waals surface area contributed by atoms with Gasteiger partial charge in [0.1, 0.15) is 11.9 Å². The Kier molecular flexibility index (Phi) is 3.90. The third kappa shape index (κ3) is 3.06. The third-order valence-corrected chi connectivity index (χ3v) is 5.51. The van der Waals surface area contributed by atoms with Crippen LogP contribution >= 0.6 is 11.8 Å². The summed E-state index contributed by atoms with van der Waals surface area (Å²) in [6, 6.07) is 6.36. The zero-order chi connectivity index (χ0) is 14.9. The molecule has 0 saturated heterocycles. The molecule has 1 N–H and O–H groups in total. The van der Waals surface area contributed by atoms with E-state index in [-0.39, 0.29) is 11.1 Å². The molecule has 21 heavy (non-hydrogen) atoms. The zero-order valence-electron chi connectivity index (χ0n) is 12.0. The summed E-state index contributed by atoms with van der Waals surface area (Å²) in [5, 5.41) is 13.0. The minimum Gasteiger partial charge on any atom is -0.335 e. The van der Waals surface area contributed by atoms with Crippen LogP contribution in [-0.2, 0) is 0 Å². The summed E-state index contributed by atoms with van der Waals surface area (Å²) in [5.74, 6) is 1.35. The summed E-state index contributed by atoms with van der Waals surface area (Å²) in [7, 11) is 0. The van der Waals surface area contributed by atoms with Gasteiger partial charge in [0, 0.05) is 11.4 Å². The number of thioether (sulfide) groups is 1. The molecule has 0 radical (unpaired) electrons. The molecule has 0 unspecified atom stereocenters. The molecule has 110 valence electrons. The van der Waals surface area contributed by atoms with Crippen molar-refractivity contribution in [1.82, 2.24) is 0 Å². The first-order chi connectivity index (χ1) is 10.1. The standard InChI is InChI=1S/C16H18FN3S/c1-11-4-6-16(7-5-11)10-21-15(20-16)19-13-2-3-14(17)12(8-13)9-18/h2-3,8,11H,4-7,10H2,1H3,(H,19,20). The van der Waals surface area contributed by atoms with E-state index < -0.39 is 5.82 Å². The summed E-state index contributed by atoms with van der Waals surface area (Å²) in [6.45, 7) is 2.31. The highest BCUT2D eigenvalue weighted by Crippen LogP contribution is 2.41. The van der Waals surface area contributed by atoms with Crippen molar-refractivity contribution in [3.63, 3.8) is 0 Å². The van der Waals surface area contributed by atoms with Crippen LogP contribution in [-0.4, -0.2) is 16.5 Å². The van der Waals surface area contributed by atoms with Gasteiger partial charge in [-0.05, 0) is 49.8 Å². The molecule has 3 rings (SSSR count). The van der Waals surface area contributed by atoms with Crippen molar-refractivity contribution in [3.05, 3.63) is 29.6 Å². The summed E-state index contributed by atoms with van der Waals surface area (Å²) < 4.78 is 13.3. The smallest absolute Gasteiger partial charge is 0.161 e. The van der Waals surface area contributed by atoms with Crippen molar-refractivity contribution in [3.8, 4) is 6.07 Å². The molecule has 1 aliphatic carbocycles. The molecule has 1 spiro atoms. The number of anilines is 1. The lowest BCUT2D eigenvalue weighted by atomic mass is 9.79. The number of amidine groups is 1. The van der Waals surface area contributed by atoms with Gasteiger partial charge in [-0.15, -0.1) is 0 Å². The average Bonchev–Trinajstić information content (AvgIpc) is 2.87. The Bertz CT molecular complexity index is 612. The second kappa shape index (κ2) is 5.69. The van der Waals surface area contributed by atoms with Gasteiger partial charge in [0.15, 0.2) is 5.17 Å². The van der Waals surface area contributed by atoms with E-state index in [4.69, 9.17) is 10.3 Å². The Balaban J connectivity index is 1.73. The van der Waals surface area contributed by atoms with E-state index in [1.165, 1.54) is 25.0 Å². The van der Waals surface area contributed by atoms with Crippen LogP contribution in [0.5, 0.6) is 0 Å². The molecule has 1 fully saturated rings. The van der Waals surface area contributed by atoms with Crippen molar-refractivity contribution in [2.75, 3.05) is 11.1 Å². The molecule has 1 heterocycles. The van der Waals surface area contributed by atoms with E-state index in [0.29, 0.717) is 0 Å². The highest BCUT2D eigenvalue weighted by molar-refractivity contribution is 8.14. The lowest BCUT2D eigenvalue weighted by Crippen LogP contribution is -2.32. The van der Waals surface area contributed by atoms with Gasteiger partial charge in [0.2, 0.25) is 0 Å². The van der Waals surface area contributed by atoms with Crippen molar-refractivity contribution >= 4 is 22.6 Å². The molecule has 0 atom stereocenters. The van der Waals surface area contributed by atoms with Gasteiger partial charge in [-0.1, -0.05) is 18.7 Å². The predicted molar refractivity (Wildman–Crippen MR) is 85.0 cm³/mol. The normalized spacial score (nSPS) is 28.2. The van der Waals surface area contributed by atoms with Gasteiger partial charge in [0.05, 0.1) is 11.1 Å². The summed E-state index contributed by atoms with van der Waals surface area (Å²) >= 11 is 1.72. The maximum atomic E-state index is 13.3. The first-order valence-electron chi connectivity index (χ1n) is 7.30. The molecule has 0 amide bonds. The number of nitrogens with one attached hydrogen (secondary N) is 1. The van der Waals surface area contributed by atoms with Gasteiger partial charge >= 0.3 is 0 Å². The van der Waals surface area contributed by atoms with E-state index in [2.05, 4.69) is 12.2 Å². The second-order valence-electron chi connectivity index (χ2n) is 6.04. The molecule has 0 aromatic heterocycles. The Labute approximate surface area is 128 Å². The third-order valence-electron chi connectivity index (χ3n) is 4.36. The van der Waals surface area contributed by atoms with Crippen LogP contribution in [0.4, 0.5) is 10.1 Å². The topological polar surface area (TPSA) is 48.2 Å². The number of benzene rings is 1. The Hall–Kier alpha value is -1.54. The van der Waals surface area contributed by atoms with Crippen LogP contribution in [0.1, 0.15) is 38.2 Å². The van der Waals surface area contributed by atoms with E-state index in [1.807, 2.05) is 6.07 Å². The van der Waals surface area contributed by atoms with Gasteiger partial charge < -0.3 is 5.32 Å². The molecule has 2 aliphatic rings. The average molecular weight is 303 g/mol. The van der Waals surface area contributed by atoms with E-state index >= 15 is 0 Å². The first-order valence-corrected chi connectivity index (χ1v) is 8.28. The number of hydrogen-bond acceptors (Lipinski definition) is 4. The van der Waals surface area contributed by atoms with Gasteiger partial charge in [-0.25, -0.2) is 4.39 Å². The molecule has 0 bridgehead atoms. The fourth-order valence-corrected chi connectivity index (χ4v) is 4.12. The summed E-state index contributed by atoms with van der Waals surface area (Å²) in [4.78, 5) is 4.88. The maximum Gasteiger partial charge on any atom is 0.161 e. The largest absolute Gasteiger partial charge is 0.335 e. The van der Waals surface area contributed by atoms with Gasteiger partial charge in [-0.2, -0.15) is 5.26 Å². The van der Waals surface area contributed by atoms with Crippen molar-refractivity contribution < 1.29 is 4.39 Å². The minimum absolute atomic E-state index is 0.0600. The van der Waals surface area contributed by atoms with Crippen molar-refractivity contribution in [2.24, 2.45) is 10.9 Å². The first kappa shape index (κ1) is 14.4. The Morgan fingerprint density at radius 1 is 1.43 bits per heavy atom. The van der Waals surface area contributed by atoms with Crippen LogP contribution < -0.4 is 5.32 Å².